The molecule has 2 aromatic rings. The molecule has 0 bridgehead atoms. The third kappa shape index (κ3) is 4.22. The molecule has 31 heavy (non-hydrogen) atoms. The Labute approximate surface area is 189 Å². The highest BCUT2D eigenvalue weighted by Gasteiger charge is 2.48. The number of carbonyl (C=O) groups excluding carboxylic acids is 2. The highest BCUT2D eigenvalue weighted by Crippen LogP contribution is 2.34. The molecule has 1 atom stereocenters. The average molecular weight is 440 g/mol. The molecule has 5 nitrogen and oxygen atoms in total. The molecule has 1 unspecified atom stereocenters. The van der Waals surface area contributed by atoms with Gasteiger partial charge in [0.1, 0.15) is 11.2 Å². The zero-order valence-electron chi connectivity index (χ0n) is 19.0. The lowest BCUT2D eigenvalue weighted by atomic mass is 9.91. The molecule has 1 saturated carbocycles. The number of allylic oxidation sites excluding steroid dienone is 1. The number of nitrogens with zero attached hydrogens (tertiary/aromatic N) is 2. The molecule has 1 aliphatic carbocycles. The number of carbonyl (C=O) groups is 2. The minimum Gasteiger partial charge on any atom is -0.351 e. The molecule has 0 radical (unpaired) electrons. The molecule has 0 spiro atoms. The molecule has 0 saturated heterocycles. The van der Waals surface area contributed by atoms with Crippen LogP contribution in [0.4, 0.5) is 0 Å². The van der Waals surface area contributed by atoms with Crippen molar-refractivity contribution in [1.29, 1.82) is 0 Å². The van der Waals surface area contributed by atoms with Crippen LogP contribution in [-0.4, -0.2) is 32.9 Å². The lowest BCUT2D eigenvalue weighted by molar-refractivity contribution is -0.134. The largest absolute Gasteiger partial charge is 0.351 e. The Bertz CT molecular complexity index is 994. The Kier molecular flexibility index (Phi) is 6.11. The van der Waals surface area contributed by atoms with E-state index in [2.05, 4.69) is 29.8 Å². The zero-order valence-corrected chi connectivity index (χ0v) is 19.8. The summed E-state index contributed by atoms with van der Waals surface area (Å²) in [5, 5.41) is 5.32. The molecule has 6 heteroatoms. The van der Waals surface area contributed by atoms with Gasteiger partial charge < -0.3 is 14.8 Å². The predicted octanol–water partition coefficient (Wildman–Crippen LogP) is 5.14. The Morgan fingerprint density at radius 1 is 1.29 bits per heavy atom. The highest BCUT2D eigenvalue weighted by molar-refractivity contribution is 7.09. The Morgan fingerprint density at radius 2 is 2.03 bits per heavy atom. The van der Waals surface area contributed by atoms with Crippen molar-refractivity contribution in [1.82, 2.24) is 14.8 Å². The van der Waals surface area contributed by atoms with Gasteiger partial charge in [-0.2, -0.15) is 0 Å². The van der Waals surface area contributed by atoms with Crippen LogP contribution in [0, 0.1) is 6.92 Å². The molecule has 2 amide bonds. The summed E-state index contributed by atoms with van der Waals surface area (Å²) >= 11 is 1.62. The Balaban J connectivity index is 1.74. The predicted molar refractivity (Wildman–Crippen MR) is 126 cm³/mol. The van der Waals surface area contributed by atoms with Gasteiger partial charge in [-0.1, -0.05) is 30.9 Å². The minimum atomic E-state index is -0.943. The molecule has 1 fully saturated rings. The van der Waals surface area contributed by atoms with Crippen molar-refractivity contribution in [3.05, 3.63) is 51.0 Å². The van der Waals surface area contributed by atoms with Gasteiger partial charge in [-0.05, 0) is 69.7 Å². The molecule has 2 aliphatic rings. The van der Waals surface area contributed by atoms with Gasteiger partial charge >= 0.3 is 0 Å². The van der Waals surface area contributed by atoms with Gasteiger partial charge in [-0.25, -0.2) is 0 Å². The van der Waals surface area contributed by atoms with Crippen LogP contribution in [-0.2, 0) is 17.9 Å². The summed E-state index contributed by atoms with van der Waals surface area (Å²) in [6, 6.07) is 6.21. The monoisotopic (exact) mass is 439 g/mol. The number of hydrogen-bond donors (Lipinski definition) is 1. The molecule has 3 heterocycles. The van der Waals surface area contributed by atoms with E-state index >= 15 is 0 Å². The van der Waals surface area contributed by atoms with Gasteiger partial charge in [0.15, 0.2) is 0 Å². The van der Waals surface area contributed by atoms with Crippen LogP contribution in [0.2, 0.25) is 0 Å². The van der Waals surface area contributed by atoms with Crippen molar-refractivity contribution >= 4 is 29.2 Å². The third-order valence-electron chi connectivity index (χ3n) is 6.61. The van der Waals surface area contributed by atoms with Crippen LogP contribution in [0.5, 0.6) is 0 Å². The normalized spacial score (nSPS) is 21.7. The Morgan fingerprint density at radius 3 is 2.68 bits per heavy atom. The summed E-state index contributed by atoms with van der Waals surface area (Å²) in [5.74, 6) is -0.109. The van der Waals surface area contributed by atoms with Crippen molar-refractivity contribution in [3.8, 4) is 0 Å². The molecular weight excluding hydrogens is 406 g/mol. The van der Waals surface area contributed by atoms with E-state index in [4.69, 9.17) is 0 Å². The van der Waals surface area contributed by atoms with E-state index in [1.54, 1.807) is 16.2 Å². The van der Waals surface area contributed by atoms with Crippen molar-refractivity contribution in [2.75, 3.05) is 0 Å². The lowest BCUT2D eigenvalue weighted by Crippen LogP contribution is -2.64. The van der Waals surface area contributed by atoms with Crippen LogP contribution < -0.4 is 5.32 Å². The summed E-state index contributed by atoms with van der Waals surface area (Å²) < 4.78 is 2.05. The van der Waals surface area contributed by atoms with E-state index in [0.717, 1.165) is 41.8 Å². The first-order chi connectivity index (χ1) is 14.8. The first-order valence-corrected chi connectivity index (χ1v) is 12.2. The van der Waals surface area contributed by atoms with Crippen molar-refractivity contribution in [2.24, 2.45) is 0 Å². The number of rotatable bonds is 5. The topological polar surface area (TPSA) is 54.3 Å². The van der Waals surface area contributed by atoms with Gasteiger partial charge in [0.2, 0.25) is 5.91 Å². The fraction of sp³-hybridized carbons (Fsp3) is 0.520. The SMILES string of the molecule is CC(C)=Cc1c(C)cc2n1CC(C)(C(=O)NC1CCCCC1)N(Cc1cccs1)C2=O. The smallest absolute Gasteiger partial charge is 0.271 e. The maximum Gasteiger partial charge on any atom is 0.271 e. The molecule has 2 aromatic heterocycles. The quantitative estimate of drug-likeness (QED) is 0.701. The second kappa shape index (κ2) is 8.65. The molecular formula is C25H33N3O2S. The van der Waals surface area contributed by atoms with Gasteiger partial charge in [0.05, 0.1) is 13.1 Å². The second-order valence-corrected chi connectivity index (χ2v) is 10.5. The first kappa shape index (κ1) is 21.9. The second-order valence-electron chi connectivity index (χ2n) is 9.46. The van der Waals surface area contributed by atoms with Gasteiger partial charge in [0.25, 0.3) is 5.91 Å². The van der Waals surface area contributed by atoms with Crippen LogP contribution in [0.25, 0.3) is 6.08 Å². The summed E-state index contributed by atoms with van der Waals surface area (Å²) in [5.41, 5.74) is 2.99. The number of aryl methyl sites for hydroxylation is 1. The zero-order chi connectivity index (χ0) is 22.2. The Hall–Kier alpha value is -2.34. The van der Waals surface area contributed by atoms with E-state index in [1.807, 2.05) is 37.4 Å². The molecule has 166 valence electrons. The summed E-state index contributed by atoms with van der Waals surface area (Å²) in [7, 11) is 0. The highest BCUT2D eigenvalue weighted by atomic mass is 32.1. The van der Waals surface area contributed by atoms with Crippen LogP contribution in [0.3, 0.4) is 0 Å². The maximum atomic E-state index is 13.7. The third-order valence-corrected chi connectivity index (χ3v) is 7.47. The van der Waals surface area contributed by atoms with Gasteiger partial charge in [-0.3, -0.25) is 9.59 Å². The molecule has 4 rings (SSSR count). The van der Waals surface area contributed by atoms with Gasteiger partial charge in [-0.15, -0.1) is 11.3 Å². The fourth-order valence-corrected chi connectivity index (χ4v) is 5.55. The number of fused-ring (bicyclic) bond motifs is 1. The number of amides is 2. The van der Waals surface area contributed by atoms with Crippen molar-refractivity contribution < 1.29 is 9.59 Å². The standard InChI is InChI=1S/C25H33N3O2S/c1-17(2)13-21-18(3)14-22-23(29)28(15-20-11-8-12-31-20)25(4,16-27(21)22)24(30)26-19-9-6-5-7-10-19/h8,11-14,19H,5-7,9-10,15-16H2,1-4H3,(H,26,30). The maximum absolute atomic E-state index is 13.7. The number of thiophene rings is 1. The summed E-state index contributed by atoms with van der Waals surface area (Å²) in [4.78, 5) is 30.3. The number of aromatic nitrogens is 1. The summed E-state index contributed by atoms with van der Waals surface area (Å²) in [6.07, 6.45) is 7.72. The fourth-order valence-electron chi connectivity index (χ4n) is 4.85. The average Bonchev–Trinajstić information content (AvgIpc) is 3.35. The van der Waals surface area contributed by atoms with E-state index in [0.29, 0.717) is 18.8 Å². The van der Waals surface area contributed by atoms with Crippen LogP contribution in [0.1, 0.15) is 79.5 Å². The van der Waals surface area contributed by atoms with Crippen molar-refractivity contribution in [3.63, 3.8) is 0 Å². The molecule has 0 aromatic carbocycles. The van der Waals surface area contributed by atoms with Crippen molar-refractivity contribution in [2.45, 2.75) is 84.5 Å². The lowest BCUT2D eigenvalue weighted by Gasteiger charge is -2.45. The first-order valence-electron chi connectivity index (χ1n) is 11.3. The number of hydrogen-bond acceptors (Lipinski definition) is 3. The van der Waals surface area contributed by atoms with Gasteiger partial charge in [0, 0.05) is 16.6 Å². The van der Waals surface area contributed by atoms with E-state index in [-0.39, 0.29) is 17.9 Å². The van der Waals surface area contributed by atoms with E-state index in [1.165, 1.54) is 12.0 Å². The molecule has 1 N–H and O–H groups in total. The van der Waals surface area contributed by atoms with E-state index < -0.39 is 5.54 Å². The van der Waals surface area contributed by atoms with Crippen LogP contribution >= 0.6 is 11.3 Å². The summed E-state index contributed by atoms with van der Waals surface area (Å²) in [6.45, 7) is 9.00. The minimum absolute atomic E-state index is 0.0375. The molecule has 1 aliphatic heterocycles. The number of nitrogens with one attached hydrogen (secondary N) is 1. The van der Waals surface area contributed by atoms with E-state index in [9.17, 15) is 9.59 Å². The van der Waals surface area contributed by atoms with Crippen LogP contribution in [0.15, 0.2) is 29.2 Å².